The maximum absolute atomic E-state index is 9.21. The van der Waals surface area contributed by atoms with Crippen molar-refractivity contribution in [2.75, 3.05) is 0 Å². The predicted octanol–water partition coefficient (Wildman–Crippen LogP) is 4.49. The van der Waals surface area contributed by atoms with Gasteiger partial charge in [-0.3, -0.25) is 4.68 Å². The molecule has 0 bridgehead atoms. The molecule has 5 heteroatoms. The molecule has 0 aliphatic rings. The van der Waals surface area contributed by atoms with Crippen molar-refractivity contribution in [1.29, 1.82) is 0 Å². The van der Waals surface area contributed by atoms with E-state index in [1.165, 1.54) is 0 Å². The molecule has 120 valence electrons. The second kappa shape index (κ2) is 6.15. The van der Waals surface area contributed by atoms with Gasteiger partial charge in [-0.25, -0.2) is 0 Å². The van der Waals surface area contributed by atoms with E-state index in [4.69, 9.17) is 21.1 Å². The number of aliphatic hydroxyl groups excluding tert-OH is 1. The molecule has 0 saturated carbocycles. The largest absolute Gasteiger partial charge is 0.457 e. The summed E-state index contributed by atoms with van der Waals surface area (Å²) in [6.45, 7) is 0.450. The molecule has 2 aromatic carbocycles. The molecule has 0 spiro atoms. The van der Waals surface area contributed by atoms with Gasteiger partial charge >= 0.3 is 0 Å². The second-order valence-corrected chi connectivity index (χ2v) is 5.95. The lowest BCUT2D eigenvalue weighted by atomic mass is 10.2. The lowest BCUT2D eigenvalue weighted by Gasteiger charge is -2.05. The Kier molecular flexibility index (Phi) is 3.84. The topological polar surface area (TPSA) is 51.2 Å². The summed E-state index contributed by atoms with van der Waals surface area (Å²) in [6, 6.07) is 19.4. The van der Waals surface area contributed by atoms with Gasteiger partial charge in [0, 0.05) is 10.4 Å². The number of furan rings is 1. The van der Waals surface area contributed by atoms with Crippen molar-refractivity contribution < 1.29 is 9.52 Å². The van der Waals surface area contributed by atoms with Crippen LogP contribution in [0.25, 0.3) is 22.4 Å². The van der Waals surface area contributed by atoms with E-state index < -0.39 is 0 Å². The zero-order valence-corrected chi connectivity index (χ0v) is 13.6. The number of halogens is 1. The molecule has 0 radical (unpaired) electrons. The molecule has 0 fully saturated rings. The molecule has 0 saturated heterocycles. The molecule has 0 amide bonds. The molecule has 2 heterocycles. The molecule has 2 aromatic heterocycles. The van der Waals surface area contributed by atoms with Crippen LogP contribution in [0.1, 0.15) is 11.3 Å². The highest BCUT2D eigenvalue weighted by molar-refractivity contribution is 6.31. The first kappa shape index (κ1) is 15.0. The molecule has 24 heavy (non-hydrogen) atoms. The average molecular weight is 339 g/mol. The van der Waals surface area contributed by atoms with Crippen molar-refractivity contribution in [3.63, 3.8) is 0 Å². The van der Waals surface area contributed by atoms with Gasteiger partial charge in [0.1, 0.15) is 18.1 Å². The Morgan fingerprint density at radius 2 is 1.79 bits per heavy atom. The van der Waals surface area contributed by atoms with Crippen LogP contribution < -0.4 is 0 Å². The van der Waals surface area contributed by atoms with E-state index in [0.29, 0.717) is 18.1 Å². The van der Waals surface area contributed by atoms with Gasteiger partial charge in [-0.1, -0.05) is 48.0 Å². The highest BCUT2D eigenvalue weighted by atomic mass is 35.5. The monoisotopic (exact) mass is 338 g/mol. The summed E-state index contributed by atoms with van der Waals surface area (Å²) in [7, 11) is 0. The predicted molar refractivity (Wildman–Crippen MR) is 93.9 cm³/mol. The van der Waals surface area contributed by atoms with E-state index in [9.17, 15) is 5.11 Å². The van der Waals surface area contributed by atoms with E-state index >= 15 is 0 Å². The van der Waals surface area contributed by atoms with E-state index in [1.807, 2.05) is 59.3 Å². The minimum Gasteiger partial charge on any atom is -0.457 e. The van der Waals surface area contributed by atoms with Crippen molar-refractivity contribution >= 4 is 22.5 Å². The zero-order valence-electron chi connectivity index (χ0n) is 12.8. The quantitative estimate of drug-likeness (QED) is 0.596. The van der Waals surface area contributed by atoms with Crippen LogP contribution in [0.4, 0.5) is 0 Å². The third kappa shape index (κ3) is 2.60. The summed E-state index contributed by atoms with van der Waals surface area (Å²) in [6.07, 6.45) is 0. The summed E-state index contributed by atoms with van der Waals surface area (Å²) < 4.78 is 7.59. The Bertz CT molecular complexity index is 1000. The number of benzene rings is 2. The number of aromatic nitrogens is 2. The van der Waals surface area contributed by atoms with Crippen LogP contribution in [-0.4, -0.2) is 14.9 Å². The first-order valence-corrected chi connectivity index (χ1v) is 8.03. The number of para-hydroxylation sites is 1. The fourth-order valence-electron chi connectivity index (χ4n) is 2.81. The molecule has 4 aromatic rings. The number of nitrogens with zero attached hydrogens (tertiary/aromatic N) is 2. The van der Waals surface area contributed by atoms with Gasteiger partial charge in [-0.15, -0.1) is 0 Å². The van der Waals surface area contributed by atoms with E-state index in [0.717, 1.165) is 27.2 Å². The fourth-order valence-corrected chi connectivity index (χ4v) is 3.00. The molecule has 0 unspecified atom stereocenters. The van der Waals surface area contributed by atoms with Crippen molar-refractivity contribution in [2.45, 2.75) is 13.2 Å². The van der Waals surface area contributed by atoms with Crippen molar-refractivity contribution in [3.05, 3.63) is 77.0 Å². The van der Waals surface area contributed by atoms with Gasteiger partial charge in [0.25, 0.3) is 0 Å². The summed E-state index contributed by atoms with van der Waals surface area (Å²) in [5.41, 5.74) is 2.78. The standard InChI is InChI=1S/C19H15ClN2O2/c20-16-7-3-1-5-13(16)11-22-17-8-4-2-6-15(17)19(21-22)18-10-9-14(12-23)24-18/h1-10,23H,11-12H2. The Balaban J connectivity index is 1.83. The fraction of sp³-hybridized carbons (Fsp3) is 0.105. The number of fused-ring (bicyclic) bond motifs is 1. The van der Waals surface area contributed by atoms with Crippen LogP contribution in [0.5, 0.6) is 0 Å². The van der Waals surface area contributed by atoms with Gasteiger partial charge in [0.05, 0.1) is 12.1 Å². The second-order valence-electron chi connectivity index (χ2n) is 5.54. The van der Waals surface area contributed by atoms with E-state index in [2.05, 4.69) is 0 Å². The summed E-state index contributed by atoms with van der Waals surface area (Å²) in [5, 5.41) is 15.7. The smallest absolute Gasteiger partial charge is 0.155 e. The summed E-state index contributed by atoms with van der Waals surface area (Å²) in [5.74, 6) is 1.17. The highest BCUT2D eigenvalue weighted by Gasteiger charge is 2.15. The first-order valence-electron chi connectivity index (χ1n) is 7.65. The van der Waals surface area contributed by atoms with Crippen molar-refractivity contribution in [2.24, 2.45) is 0 Å². The summed E-state index contributed by atoms with van der Waals surface area (Å²) >= 11 is 6.28. The van der Waals surface area contributed by atoms with Crippen LogP contribution >= 0.6 is 11.6 Å². The van der Waals surface area contributed by atoms with Crippen LogP contribution in [0, 0.1) is 0 Å². The van der Waals surface area contributed by atoms with Gasteiger partial charge < -0.3 is 9.52 Å². The third-order valence-corrected chi connectivity index (χ3v) is 4.36. The number of rotatable bonds is 4. The lowest BCUT2D eigenvalue weighted by Crippen LogP contribution is -2.02. The molecular formula is C19H15ClN2O2. The van der Waals surface area contributed by atoms with Gasteiger partial charge in [0.2, 0.25) is 0 Å². The SMILES string of the molecule is OCc1ccc(-c2nn(Cc3ccccc3Cl)c3ccccc23)o1. The Morgan fingerprint density at radius 3 is 2.58 bits per heavy atom. The van der Waals surface area contributed by atoms with E-state index in [1.54, 1.807) is 6.07 Å². The van der Waals surface area contributed by atoms with Crippen LogP contribution in [0.15, 0.2) is 65.1 Å². The normalized spacial score (nSPS) is 11.2. The van der Waals surface area contributed by atoms with Gasteiger partial charge in [-0.05, 0) is 29.8 Å². The molecular weight excluding hydrogens is 324 g/mol. The average Bonchev–Trinajstić information content (AvgIpc) is 3.22. The lowest BCUT2D eigenvalue weighted by molar-refractivity contribution is 0.248. The highest BCUT2D eigenvalue weighted by Crippen LogP contribution is 2.30. The number of hydrogen-bond donors (Lipinski definition) is 1. The van der Waals surface area contributed by atoms with Crippen LogP contribution in [-0.2, 0) is 13.2 Å². The maximum atomic E-state index is 9.21. The Morgan fingerprint density at radius 1 is 1.00 bits per heavy atom. The van der Waals surface area contributed by atoms with Crippen molar-refractivity contribution in [1.82, 2.24) is 9.78 Å². The molecule has 0 aliphatic carbocycles. The Hall–Kier alpha value is -2.56. The first-order chi connectivity index (χ1) is 11.8. The molecule has 0 atom stereocenters. The minimum atomic E-state index is -0.127. The third-order valence-electron chi connectivity index (χ3n) is 3.99. The van der Waals surface area contributed by atoms with E-state index in [-0.39, 0.29) is 6.61 Å². The zero-order chi connectivity index (χ0) is 16.5. The molecule has 4 nitrogen and oxygen atoms in total. The van der Waals surface area contributed by atoms with Gasteiger partial charge in [0.15, 0.2) is 5.76 Å². The summed E-state index contributed by atoms with van der Waals surface area (Å²) in [4.78, 5) is 0. The Labute approximate surface area is 143 Å². The number of hydrogen-bond acceptors (Lipinski definition) is 3. The molecule has 0 aliphatic heterocycles. The minimum absolute atomic E-state index is 0.127. The molecule has 4 rings (SSSR count). The van der Waals surface area contributed by atoms with Gasteiger partial charge in [-0.2, -0.15) is 5.10 Å². The maximum Gasteiger partial charge on any atom is 0.155 e. The van der Waals surface area contributed by atoms with Crippen molar-refractivity contribution in [3.8, 4) is 11.5 Å². The van der Waals surface area contributed by atoms with Crippen LogP contribution in [0.3, 0.4) is 0 Å². The molecule has 1 N–H and O–H groups in total. The number of aliphatic hydroxyl groups is 1. The van der Waals surface area contributed by atoms with Crippen LogP contribution in [0.2, 0.25) is 5.02 Å².